The number of benzene rings is 1. The molecule has 4 heterocycles. The summed E-state index contributed by atoms with van der Waals surface area (Å²) in [5, 5.41) is 11.3. The first-order chi connectivity index (χ1) is 16.0. The molecule has 0 N–H and O–H groups in total. The molecule has 2 amide bonds. The summed E-state index contributed by atoms with van der Waals surface area (Å²) in [5.41, 5.74) is 1.88. The summed E-state index contributed by atoms with van der Waals surface area (Å²) in [6, 6.07) is 4.92. The van der Waals surface area contributed by atoms with Crippen molar-refractivity contribution in [2.45, 2.75) is 25.3 Å². The third kappa shape index (κ3) is 4.41. The summed E-state index contributed by atoms with van der Waals surface area (Å²) < 4.78 is 5.42. The molecule has 1 aromatic carbocycles. The van der Waals surface area contributed by atoms with E-state index in [9.17, 15) is 19.7 Å². The molecule has 3 fully saturated rings. The number of anilines is 1. The standard InChI is InChI=1S/C23H31N5O5/c29-22(25-5-1-2-6-25)16-24-7-8-27-20-4-3-18(28(31)32)13-17(20)14-19(21(27)15-24)23(30)26-9-11-33-12-10-26/h3-4,13,19,21H,1-2,5-12,14-16H2/t19-,21-/m1/s1. The van der Waals surface area contributed by atoms with Crippen molar-refractivity contribution in [1.29, 1.82) is 0 Å². The molecule has 0 aromatic heterocycles. The van der Waals surface area contributed by atoms with E-state index in [0.29, 0.717) is 52.4 Å². The Morgan fingerprint density at radius 2 is 1.79 bits per heavy atom. The topological polar surface area (TPSA) is 99.5 Å². The first-order valence-corrected chi connectivity index (χ1v) is 11.9. The molecule has 0 bridgehead atoms. The molecular weight excluding hydrogens is 426 g/mol. The van der Waals surface area contributed by atoms with E-state index >= 15 is 0 Å². The lowest BCUT2D eigenvalue weighted by Crippen LogP contribution is -2.62. The number of piperazine rings is 1. The number of likely N-dealkylation sites (tertiary alicyclic amines) is 1. The van der Waals surface area contributed by atoms with Crippen LogP contribution in [0.1, 0.15) is 18.4 Å². The van der Waals surface area contributed by atoms with E-state index in [-0.39, 0.29) is 34.4 Å². The fourth-order valence-electron chi connectivity index (χ4n) is 5.69. The number of hydrogen-bond acceptors (Lipinski definition) is 7. The summed E-state index contributed by atoms with van der Waals surface area (Å²) in [5.74, 6) is -0.0516. The average molecular weight is 458 g/mol. The molecule has 3 saturated heterocycles. The van der Waals surface area contributed by atoms with E-state index in [1.54, 1.807) is 12.1 Å². The van der Waals surface area contributed by atoms with Gasteiger partial charge in [-0.05, 0) is 30.9 Å². The second-order valence-electron chi connectivity index (χ2n) is 9.40. The van der Waals surface area contributed by atoms with Gasteiger partial charge in [0, 0.05) is 63.6 Å². The number of non-ortho nitro benzene ring substituents is 1. The van der Waals surface area contributed by atoms with E-state index in [1.165, 1.54) is 0 Å². The van der Waals surface area contributed by atoms with Crippen molar-refractivity contribution >= 4 is 23.2 Å². The van der Waals surface area contributed by atoms with Gasteiger partial charge in [-0.25, -0.2) is 0 Å². The van der Waals surface area contributed by atoms with Crippen LogP contribution in [0, 0.1) is 16.0 Å². The highest BCUT2D eigenvalue weighted by molar-refractivity contribution is 5.83. The van der Waals surface area contributed by atoms with Crippen LogP contribution in [-0.2, 0) is 20.7 Å². The maximum absolute atomic E-state index is 13.6. The maximum Gasteiger partial charge on any atom is 0.269 e. The fraction of sp³-hybridized carbons (Fsp3) is 0.652. The van der Waals surface area contributed by atoms with E-state index in [1.807, 2.05) is 15.9 Å². The SMILES string of the molecule is O=C(CN1CCN2c3ccc([N+](=O)[O-])cc3C[C@@H](C(=O)N3CCOCC3)[C@H]2C1)N1CCCC1. The fourth-order valence-corrected chi connectivity index (χ4v) is 5.69. The second-order valence-corrected chi connectivity index (χ2v) is 9.40. The van der Waals surface area contributed by atoms with Crippen LogP contribution >= 0.6 is 0 Å². The summed E-state index contributed by atoms with van der Waals surface area (Å²) in [6.45, 7) is 6.32. The number of nitrogens with zero attached hydrogens (tertiary/aromatic N) is 5. The van der Waals surface area contributed by atoms with Crippen LogP contribution in [0.4, 0.5) is 11.4 Å². The van der Waals surface area contributed by atoms with Crippen molar-refractivity contribution in [2.24, 2.45) is 5.92 Å². The highest BCUT2D eigenvalue weighted by Gasteiger charge is 2.43. The van der Waals surface area contributed by atoms with Gasteiger partial charge in [-0.15, -0.1) is 0 Å². The van der Waals surface area contributed by atoms with Gasteiger partial charge >= 0.3 is 0 Å². The quantitative estimate of drug-likeness (QED) is 0.486. The van der Waals surface area contributed by atoms with Crippen LogP contribution < -0.4 is 4.90 Å². The zero-order valence-electron chi connectivity index (χ0n) is 18.9. The minimum absolute atomic E-state index is 0.0552. The van der Waals surface area contributed by atoms with E-state index in [4.69, 9.17) is 4.74 Å². The number of morpholine rings is 1. The zero-order chi connectivity index (χ0) is 22.9. The number of nitro benzene ring substituents is 1. The number of nitro groups is 1. The molecule has 0 spiro atoms. The molecular formula is C23H31N5O5. The van der Waals surface area contributed by atoms with Gasteiger partial charge in [0.25, 0.3) is 5.69 Å². The third-order valence-electron chi connectivity index (χ3n) is 7.45. The Hall–Kier alpha value is -2.72. The summed E-state index contributed by atoms with van der Waals surface area (Å²) >= 11 is 0. The largest absolute Gasteiger partial charge is 0.378 e. The van der Waals surface area contributed by atoms with Gasteiger partial charge < -0.3 is 19.4 Å². The Bertz CT molecular complexity index is 928. The van der Waals surface area contributed by atoms with Gasteiger partial charge in [0.05, 0.1) is 36.6 Å². The normalized spacial score (nSPS) is 25.5. The predicted molar refractivity (Wildman–Crippen MR) is 121 cm³/mol. The van der Waals surface area contributed by atoms with Gasteiger partial charge in [-0.2, -0.15) is 0 Å². The number of amides is 2. The van der Waals surface area contributed by atoms with E-state index in [0.717, 1.165) is 43.7 Å². The lowest BCUT2D eigenvalue weighted by Gasteiger charge is -2.50. The maximum atomic E-state index is 13.6. The highest BCUT2D eigenvalue weighted by Crippen LogP contribution is 2.38. The van der Waals surface area contributed by atoms with Gasteiger partial charge in [-0.1, -0.05) is 0 Å². The first-order valence-electron chi connectivity index (χ1n) is 11.9. The van der Waals surface area contributed by atoms with E-state index in [2.05, 4.69) is 9.80 Å². The van der Waals surface area contributed by atoms with Crippen molar-refractivity contribution in [3.63, 3.8) is 0 Å². The van der Waals surface area contributed by atoms with Crippen LogP contribution in [0.15, 0.2) is 18.2 Å². The molecule has 178 valence electrons. The smallest absolute Gasteiger partial charge is 0.269 e. The van der Waals surface area contributed by atoms with Crippen molar-refractivity contribution in [3.05, 3.63) is 33.9 Å². The molecule has 1 aromatic rings. The minimum Gasteiger partial charge on any atom is -0.378 e. The lowest BCUT2D eigenvalue weighted by atomic mass is 9.82. The van der Waals surface area contributed by atoms with Crippen molar-refractivity contribution in [2.75, 3.05) is 70.5 Å². The van der Waals surface area contributed by atoms with Crippen molar-refractivity contribution < 1.29 is 19.2 Å². The van der Waals surface area contributed by atoms with Gasteiger partial charge in [0.1, 0.15) is 0 Å². The molecule has 0 aliphatic carbocycles. The van der Waals surface area contributed by atoms with Crippen LogP contribution in [-0.4, -0.2) is 103 Å². The Balaban J connectivity index is 1.39. The Kier molecular flexibility index (Phi) is 6.20. The summed E-state index contributed by atoms with van der Waals surface area (Å²) in [7, 11) is 0. The Morgan fingerprint density at radius 1 is 1.03 bits per heavy atom. The number of hydrogen-bond donors (Lipinski definition) is 0. The zero-order valence-corrected chi connectivity index (χ0v) is 18.9. The highest BCUT2D eigenvalue weighted by atomic mass is 16.6. The molecule has 2 atom stereocenters. The molecule has 0 saturated carbocycles. The van der Waals surface area contributed by atoms with Gasteiger partial charge in [0.2, 0.25) is 11.8 Å². The van der Waals surface area contributed by atoms with Crippen LogP contribution in [0.5, 0.6) is 0 Å². The van der Waals surface area contributed by atoms with Crippen LogP contribution in [0.3, 0.4) is 0 Å². The molecule has 5 rings (SSSR count). The van der Waals surface area contributed by atoms with Gasteiger partial charge in [-0.3, -0.25) is 24.6 Å². The minimum atomic E-state index is -0.382. The first kappa shape index (κ1) is 22.1. The number of rotatable bonds is 4. The monoisotopic (exact) mass is 457 g/mol. The van der Waals surface area contributed by atoms with Gasteiger partial charge in [0.15, 0.2) is 0 Å². The molecule has 10 nitrogen and oxygen atoms in total. The molecule has 4 aliphatic heterocycles. The number of ether oxygens (including phenoxy) is 1. The number of carbonyl (C=O) groups is 2. The molecule has 0 unspecified atom stereocenters. The van der Waals surface area contributed by atoms with Crippen LogP contribution in [0.2, 0.25) is 0 Å². The number of fused-ring (bicyclic) bond motifs is 3. The predicted octanol–water partition coefficient (Wildman–Crippen LogP) is 0.739. The molecule has 10 heteroatoms. The lowest BCUT2D eigenvalue weighted by molar-refractivity contribution is -0.384. The summed E-state index contributed by atoms with van der Waals surface area (Å²) in [6.07, 6.45) is 2.62. The number of carbonyl (C=O) groups excluding carboxylic acids is 2. The summed E-state index contributed by atoms with van der Waals surface area (Å²) in [4.78, 5) is 45.5. The Morgan fingerprint density at radius 3 is 2.52 bits per heavy atom. The third-order valence-corrected chi connectivity index (χ3v) is 7.45. The molecule has 4 aliphatic rings. The van der Waals surface area contributed by atoms with Crippen molar-refractivity contribution in [1.82, 2.24) is 14.7 Å². The molecule has 33 heavy (non-hydrogen) atoms. The van der Waals surface area contributed by atoms with E-state index < -0.39 is 0 Å². The van der Waals surface area contributed by atoms with Crippen molar-refractivity contribution in [3.8, 4) is 0 Å². The second kappa shape index (κ2) is 9.26. The Labute approximate surface area is 193 Å². The van der Waals surface area contributed by atoms with Crippen LogP contribution in [0.25, 0.3) is 0 Å². The average Bonchev–Trinajstić information content (AvgIpc) is 3.38. The molecule has 0 radical (unpaired) electrons.